The molecule has 0 aliphatic rings. The van der Waals surface area contributed by atoms with Gasteiger partial charge in [0.2, 0.25) is 0 Å². The quantitative estimate of drug-likeness (QED) is 0.206. The molecule has 188 valence electrons. The molecule has 37 heavy (non-hydrogen) atoms. The molecule has 0 aliphatic carbocycles. The van der Waals surface area contributed by atoms with Gasteiger partial charge in [-0.15, -0.1) is 0 Å². The number of fused-ring (bicyclic) bond motifs is 1. The number of aryl methyl sites for hydroxylation is 1. The van der Waals surface area contributed by atoms with E-state index in [1.165, 1.54) is 22.3 Å². The van der Waals surface area contributed by atoms with Crippen LogP contribution < -0.4 is 4.74 Å². The Morgan fingerprint density at radius 1 is 0.919 bits per heavy atom. The van der Waals surface area contributed by atoms with Crippen LogP contribution in [0.4, 0.5) is 0 Å². The summed E-state index contributed by atoms with van der Waals surface area (Å²) in [6.45, 7) is 0. The van der Waals surface area contributed by atoms with Crippen LogP contribution in [0.3, 0.4) is 0 Å². The fraction of sp³-hybridized carbons (Fsp3) is 0.0741. The van der Waals surface area contributed by atoms with E-state index in [1.54, 1.807) is 47.7 Å². The molecule has 1 N–H and O–H groups in total. The molecule has 0 fully saturated rings. The van der Waals surface area contributed by atoms with Crippen molar-refractivity contribution in [3.8, 4) is 22.6 Å². The van der Waals surface area contributed by atoms with Gasteiger partial charge in [0.25, 0.3) is 10.0 Å². The predicted molar refractivity (Wildman–Crippen MR) is 147 cm³/mol. The SMILES string of the molecule is O=C(O)CCc1cn(S(=O)(=O)c2ccc(Oc3ccc(Cl)c(Cl)c3)cc2)c2ccc(-c3ccsc3)cc12. The first kappa shape index (κ1) is 25.4. The van der Waals surface area contributed by atoms with Gasteiger partial charge >= 0.3 is 5.97 Å². The van der Waals surface area contributed by atoms with Crippen LogP contribution in [0, 0.1) is 0 Å². The fourth-order valence-corrected chi connectivity index (χ4v) is 6.33. The Labute approximate surface area is 227 Å². The second kappa shape index (κ2) is 10.2. The lowest BCUT2D eigenvalue weighted by Gasteiger charge is -2.10. The van der Waals surface area contributed by atoms with Crippen molar-refractivity contribution in [3.05, 3.63) is 99.3 Å². The smallest absolute Gasteiger partial charge is 0.303 e. The second-order valence-corrected chi connectivity index (χ2v) is 11.7. The number of ether oxygens (including phenoxy) is 1. The summed E-state index contributed by atoms with van der Waals surface area (Å²) in [7, 11) is -3.97. The molecule has 2 heterocycles. The molecular formula is C27H19Cl2NO5S2. The highest BCUT2D eigenvalue weighted by atomic mass is 35.5. The van der Waals surface area contributed by atoms with E-state index >= 15 is 0 Å². The number of rotatable bonds is 8. The first-order valence-corrected chi connectivity index (χ1v) is 14.2. The lowest BCUT2D eigenvalue weighted by Crippen LogP contribution is -2.11. The number of nitrogens with zero attached hydrogens (tertiary/aromatic N) is 1. The van der Waals surface area contributed by atoms with Crippen LogP contribution in [0.5, 0.6) is 11.5 Å². The highest BCUT2D eigenvalue weighted by molar-refractivity contribution is 7.90. The number of hydrogen-bond donors (Lipinski definition) is 1. The Morgan fingerprint density at radius 3 is 2.35 bits per heavy atom. The third-order valence-electron chi connectivity index (χ3n) is 5.82. The minimum atomic E-state index is -3.97. The van der Waals surface area contributed by atoms with Crippen LogP contribution in [-0.2, 0) is 21.2 Å². The Balaban J connectivity index is 1.51. The molecular weight excluding hydrogens is 553 g/mol. The van der Waals surface area contributed by atoms with Gasteiger partial charge in [-0.1, -0.05) is 29.3 Å². The molecule has 3 aromatic carbocycles. The Morgan fingerprint density at radius 2 is 1.68 bits per heavy atom. The molecule has 0 unspecified atom stereocenters. The molecule has 6 nitrogen and oxygen atoms in total. The zero-order valence-corrected chi connectivity index (χ0v) is 22.2. The average Bonchev–Trinajstić information content (AvgIpc) is 3.54. The van der Waals surface area contributed by atoms with Crippen LogP contribution >= 0.6 is 34.5 Å². The van der Waals surface area contributed by atoms with Crippen molar-refractivity contribution >= 4 is 61.4 Å². The lowest BCUT2D eigenvalue weighted by atomic mass is 10.0. The Hall–Kier alpha value is -3.30. The van der Waals surface area contributed by atoms with E-state index in [0.29, 0.717) is 38.0 Å². The molecule has 0 bridgehead atoms. The fourth-order valence-electron chi connectivity index (χ4n) is 3.98. The summed E-state index contributed by atoms with van der Waals surface area (Å²) in [5, 5.41) is 14.6. The van der Waals surface area contributed by atoms with Gasteiger partial charge in [-0.25, -0.2) is 12.4 Å². The van der Waals surface area contributed by atoms with E-state index in [4.69, 9.17) is 27.9 Å². The number of hydrogen-bond acceptors (Lipinski definition) is 5. The lowest BCUT2D eigenvalue weighted by molar-refractivity contribution is -0.136. The zero-order chi connectivity index (χ0) is 26.2. The first-order chi connectivity index (χ1) is 17.7. The van der Waals surface area contributed by atoms with Gasteiger partial charge < -0.3 is 9.84 Å². The largest absolute Gasteiger partial charge is 0.481 e. The van der Waals surface area contributed by atoms with Crippen molar-refractivity contribution in [3.63, 3.8) is 0 Å². The first-order valence-electron chi connectivity index (χ1n) is 11.1. The predicted octanol–water partition coefficient (Wildman–Crippen LogP) is 7.72. The van der Waals surface area contributed by atoms with E-state index in [9.17, 15) is 18.3 Å². The molecule has 0 atom stereocenters. The molecule has 0 saturated heterocycles. The third kappa shape index (κ3) is 5.24. The third-order valence-corrected chi connectivity index (χ3v) is 8.93. The standard InChI is InChI=1S/C27H19Cl2NO5S2/c28-24-8-5-21(14-25(24)29)35-20-3-6-22(7-4-20)37(33,34)30-15-18(2-10-27(31)32)23-13-17(1-9-26(23)30)19-11-12-36-16-19/h1,3-9,11-16H,2,10H2,(H,31,32). The molecule has 0 aliphatic heterocycles. The summed E-state index contributed by atoms with van der Waals surface area (Å²) >= 11 is 13.5. The van der Waals surface area contributed by atoms with Crippen molar-refractivity contribution in [1.82, 2.24) is 3.97 Å². The number of thiophene rings is 1. The number of halogens is 2. The number of benzene rings is 3. The normalized spacial score (nSPS) is 11.6. The van der Waals surface area contributed by atoms with E-state index in [1.807, 2.05) is 29.0 Å². The van der Waals surface area contributed by atoms with Gasteiger partial charge in [-0.3, -0.25) is 4.79 Å². The number of carboxylic acid groups (broad SMARTS) is 1. The highest BCUT2D eigenvalue weighted by Gasteiger charge is 2.22. The highest BCUT2D eigenvalue weighted by Crippen LogP contribution is 2.33. The van der Waals surface area contributed by atoms with Crippen molar-refractivity contribution in [2.24, 2.45) is 0 Å². The summed E-state index contributed by atoms with van der Waals surface area (Å²) in [6.07, 6.45) is 1.61. The van der Waals surface area contributed by atoms with E-state index < -0.39 is 16.0 Å². The molecule has 5 aromatic rings. The summed E-state index contributed by atoms with van der Waals surface area (Å²) in [6, 6.07) is 18.4. The van der Waals surface area contributed by atoms with Crippen LogP contribution in [0.1, 0.15) is 12.0 Å². The van der Waals surface area contributed by atoms with E-state index in [2.05, 4.69) is 0 Å². The zero-order valence-electron chi connectivity index (χ0n) is 19.1. The topological polar surface area (TPSA) is 85.6 Å². The number of carbonyl (C=O) groups is 1. The van der Waals surface area contributed by atoms with Gasteiger partial charge in [0.1, 0.15) is 11.5 Å². The molecule has 0 radical (unpaired) electrons. The number of aliphatic carboxylic acids is 1. The van der Waals surface area contributed by atoms with Crippen LogP contribution in [0.15, 0.2) is 88.6 Å². The van der Waals surface area contributed by atoms with Crippen LogP contribution in [0.25, 0.3) is 22.0 Å². The minimum Gasteiger partial charge on any atom is -0.481 e. The number of aromatic nitrogens is 1. The van der Waals surface area contributed by atoms with Crippen molar-refractivity contribution < 1.29 is 23.1 Å². The van der Waals surface area contributed by atoms with Gasteiger partial charge in [0.15, 0.2) is 0 Å². The monoisotopic (exact) mass is 571 g/mol. The maximum Gasteiger partial charge on any atom is 0.303 e. The molecule has 0 spiro atoms. The van der Waals surface area contributed by atoms with Crippen molar-refractivity contribution in [1.29, 1.82) is 0 Å². The summed E-state index contributed by atoms with van der Waals surface area (Å²) in [4.78, 5) is 11.3. The Bertz CT molecular complexity index is 1710. The molecule has 10 heteroatoms. The summed E-state index contributed by atoms with van der Waals surface area (Å²) in [5.74, 6) is -0.0570. The minimum absolute atomic E-state index is 0.0672. The van der Waals surface area contributed by atoms with Crippen LogP contribution in [-0.4, -0.2) is 23.5 Å². The molecule has 5 rings (SSSR count). The second-order valence-electron chi connectivity index (χ2n) is 8.24. The average molecular weight is 572 g/mol. The van der Waals surface area contributed by atoms with Crippen molar-refractivity contribution in [2.75, 3.05) is 0 Å². The Kier molecular flexibility index (Phi) is 7.00. The van der Waals surface area contributed by atoms with E-state index in [-0.39, 0.29) is 17.7 Å². The maximum absolute atomic E-state index is 13.6. The summed E-state index contributed by atoms with van der Waals surface area (Å²) in [5.41, 5.74) is 3.08. The van der Waals surface area contributed by atoms with Gasteiger partial charge in [-0.05, 0) is 88.5 Å². The van der Waals surface area contributed by atoms with Crippen LogP contribution in [0.2, 0.25) is 10.0 Å². The van der Waals surface area contributed by atoms with Crippen molar-refractivity contribution in [2.45, 2.75) is 17.7 Å². The van der Waals surface area contributed by atoms with Gasteiger partial charge in [-0.2, -0.15) is 11.3 Å². The summed E-state index contributed by atoms with van der Waals surface area (Å²) < 4.78 is 34.3. The maximum atomic E-state index is 13.6. The van der Waals surface area contributed by atoms with Gasteiger partial charge in [0, 0.05) is 24.1 Å². The molecule has 0 amide bonds. The van der Waals surface area contributed by atoms with E-state index in [0.717, 1.165) is 11.1 Å². The van der Waals surface area contributed by atoms with Gasteiger partial charge in [0.05, 0.1) is 20.5 Å². The number of carboxylic acids is 1. The molecule has 2 aromatic heterocycles. The molecule has 0 saturated carbocycles.